The lowest BCUT2D eigenvalue weighted by molar-refractivity contribution is -0.106. The van der Waals surface area contributed by atoms with Crippen LogP contribution in [0.3, 0.4) is 0 Å². The number of aryl methyl sites for hydroxylation is 1. The van der Waals surface area contributed by atoms with E-state index in [1.165, 1.54) is 43.3 Å². The van der Waals surface area contributed by atoms with E-state index in [2.05, 4.69) is 5.32 Å². The van der Waals surface area contributed by atoms with Crippen LogP contribution in [-0.4, -0.2) is 29.0 Å². The number of ether oxygens (including phenoxy) is 1. The first-order valence-electron chi connectivity index (χ1n) is 11.2. The smallest absolute Gasteiger partial charge is 0.335 e. The molecule has 0 amide bonds. The quantitative estimate of drug-likeness (QED) is 0.282. The third-order valence-corrected chi connectivity index (χ3v) is 5.40. The summed E-state index contributed by atoms with van der Waals surface area (Å²) < 4.78 is 49.2. The zero-order chi connectivity index (χ0) is 27.1. The van der Waals surface area contributed by atoms with E-state index in [1.54, 1.807) is 23.7 Å². The van der Waals surface area contributed by atoms with Crippen molar-refractivity contribution in [2.45, 2.75) is 20.5 Å². The molecule has 0 saturated carbocycles. The van der Waals surface area contributed by atoms with Crippen LogP contribution in [0.25, 0.3) is 16.9 Å². The molecule has 0 atom stereocenters. The maximum atomic E-state index is 14.3. The number of halogens is 3. The van der Waals surface area contributed by atoms with Gasteiger partial charge in [0.05, 0.1) is 11.3 Å². The second-order valence-corrected chi connectivity index (χ2v) is 7.92. The van der Waals surface area contributed by atoms with Gasteiger partial charge in [-0.1, -0.05) is 0 Å². The number of aldehydes is 1. The van der Waals surface area contributed by atoms with E-state index >= 15 is 0 Å². The average Bonchev–Trinajstić information content (AvgIpc) is 3.25. The van der Waals surface area contributed by atoms with Crippen LogP contribution in [0.1, 0.15) is 28.5 Å². The predicted molar refractivity (Wildman–Crippen MR) is 135 cm³/mol. The Kier molecular flexibility index (Phi) is 8.73. The molecule has 0 aliphatic heterocycles. The molecular weight excluding hydrogens is 485 g/mol. The van der Waals surface area contributed by atoms with Crippen LogP contribution in [0.5, 0.6) is 5.75 Å². The Morgan fingerprint density at radius 1 is 1.00 bits per heavy atom. The van der Waals surface area contributed by atoms with Gasteiger partial charge < -0.3 is 24.5 Å². The van der Waals surface area contributed by atoms with Gasteiger partial charge in [0.1, 0.15) is 36.1 Å². The van der Waals surface area contributed by atoms with Gasteiger partial charge in [0, 0.05) is 41.3 Å². The highest BCUT2D eigenvalue weighted by atomic mass is 19.1. The average molecular weight is 511 g/mol. The lowest BCUT2D eigenvalue weighted by Gasteiger charge is -2.17. The highest BCUT2D eigenvalue weighted by molar-refractivity contribution is 5.90. The first-order valence-corrected chi connectivity index (χ1v) is 11.2. The van der Waals surface area contributed by atoms with Crippen molar-refractivity contribution < 1.29 is 32.6 Å². The van der Waals surface area contributed by atoms with Gasteiger partial charge in [-0.2, -0.15) is 0 Å². The Bertz CT molecular complexity index is 1430. The molecule has 1 heterocycles. The third kappa shape index (κ3) is 6.38. The molecule has 4 rings (SSSR count). The molecule has 0 fully saturated rings. The molecule has 1 aromatic heterocycles. The molecule has 192 valence electrons. The van der Waals surface area contributed by atoms with E-state index in [0.29, 0.717) is 22.6 Å². The van der Waals surface area contributed by atoms with Crippen LogP contribution < -0.4 is 10.1 Å². The number of nitrogens with one attached hydrogen (secondary N) is 1. The number of carboxylic acids is 1. The van der Waals surface area contributed by atoms with Gasteiger partial charge in [0.15, 0.2) is 0 Å². The molecule has 0 bridgehead atoms. The monoisotopic (exact) mass is 510 g/mol. The number of nitrogens with zero attached hydrogens (tertiary/aromatic N) is 1. The second-order valence-electron chi connectivity index (χ2n) is 7.92. The molecule has 4 aromatic rings. The van der Waals surface area contributed by atoms with Gasteiger partial charge in [-0.15, -0.1) is 0 Å². The van der Waals surface area contributed by atoms with Crippen LogP contribution in [0.15, 0.2) is 66.7 Å². The summed E-state index contributed by atoms with van der Waals surface area (Å²) in [4.78, 5) is 20.4. The van der Waals surface area contributed by atoms with E-state index in [9.17, 15) is 23.1 Å². The largest absolute Gasteiger partial charge is 0.488 e. The number of carbonyl (C=O) groups is 2. The fraction of sp³-hybridized carbons (Fsp3) is 0.143. The summed E-state index contributed by atoms with van der Waals surface area (Å²) in [5.41, 5.74) is 3.11. The third-order valence-electron chi connectivity index (χ3n) is 5.40. The zero-order valence-electron chi connectivity index (χ0n) is 20.4. The molecule has 0 aliphatic carbocycles. The minimum absolute atomic E-state index is 0.0865. The fourth-order valence-corrected chi connectivity index (χ4v) is 3.72. The Labute approximate surface area is 211 Å². The number of carbonyl (C=O) groups excluding carboxylic acids is 1. The number of hydrogen-bond acceptors (Lipinski definition) is 4. The summed E-state index contributed by atoms with van der Waals surface area (Å²) in [5, 5.41) is 12.5. The van der Waals surface area contributed by atoms with Gasteiger partial charge >= 0.3 is 5.97 Å². The summed E-state index contributed by atoms with van der Waals surface area (Å²) in [6.45, 7) is 3.09. The van der Waals surface area contributed by atoms with Crippen molar-refractivity contribution in [2.75, 3.05) is 12.4 Å². The molecule has 3 aromatic carbocycles. The number of carboxylic acid groups (broad SMARTS) is 1. The summed E-state index contributed by atoms with van der Waals surface area (Å²) in [6.07, 6.45) is 0.750. The Hall–Kier alpha value is -4.53. The maximum Gasteiger partial charge on any atom is 0.335 e. The van der Waals surface area contributed by atoms with E-state index in [1.807, 2.05) is 13.0 Å². The van der Waals surface area contributed by atoms with E-state index in [4.69, 9.17) is 9.53 Å². The molecule has 0 radical (unpaired) electrons. The fourth-order valence-electron chi connectivity index (χ4n) is 3.72. The SMILES string of the molecule is CC=O.CNc1cc(C(=O)O)cc(-n2c(C)ccc2-c2cc(F)ccc2OCc2ccc(F)cc2F)c1. The van der Waals surface area contributed by atoms with Crippen molar-refractivity contribution in [1.29, 1.82) is 0 Å². The van der Waals surface area contributed by atoms with Gasteiger partial charge in [0.2, 0.25) is 0 Å². The predicted octanol–water partition coefficient (Wildman–Crippen LogP) is 6.39. The minimum atomic E-state index is -1.08. The van der Waals surface area contributed by atoms with E-state index in [0.717, 1.165) is 24.1 Å². The first-order chi connectivity index (χ1) is 17.7. The van der Waals surface area contributed by atoms with Crippen molar-refractivity contribution in [1.82, 2.24) is 4.57 Å². The van der Waals surface area contributed by atoms with Crippen molar-refractivity contribution >= 4 is 17.9 Å². The van der Waals surface area contributed by atoms with Crippen LogP contribution >= 0.6 is 0 Å². The summed E-state index contributed by atoms with van der Waals surface area (Å²) in [5.74, 6) is -2.74. The minimum Gasteiger partial charge on any atom is -0.488 e. The normalized spacial score (nSPS) is 10.3. The number of benzene rings is 3. The zero-order valence-corrected chi connectivity index (χ0v) is 20.4. The van der Waals surface area contributed by atoms with E-state index < -0.39 is 23.4 Å². The van der Waals surface area contributed by atoms with Crippen molar-refractivity contribution in [2.24, 2.45) is 0 Å². The summed E-state index contributed by atoms with van der Waals surface area (Å²) in [7, 11) is 1.68. The molecular formula is C28H25F3N2O4. The second kappa shape index (κ2) is 11.9. The maximum absolute atomic E-state index is 14.3. The van der Waals surface area contributed by atoms with Gasteiger partial charge in [-0.3, -0.25) is 0 Å². The van der Waals surface area contributed by atoms with Crippen molar-refractivity contribution in [3.63, 3.8) is 0 Å². The summed E-state index contributed by atoms with van der Waals surface area (Å²) in [6, 6.07) is 15.5. The number of aromatic carboxylic acids is 1. The van der Waals surface area contributed by atoms with Crippen LogP contribution in [-0.2, 0) is 11.4 Å². The Balaban J connectivity index is 0.00000121. The molecule has 0 saturated heterocycles. The first kappa shape index (κ1) is 27.1. The lowest BCUT2D eigenvalue weighted by Crippen LogP contribution is -2.06. The number of aromatic nitrogens is 1. The molecule has 0 unspecified atom stereocenters. The Morgan fingerprint density at radius 3 is 2.32 bits per heavy atom. The molecule has 37 heavy (non-hydrogen) atoms. The topological polar surface area (TPSA) is 80.6 Å². The standard InChI is InChI=1S/C26H21F3N2O3.C2H4O/c1-15-3-7-24(31(15)21-10-17(26(32)33)9-20(13-21)30-2)22-11-18(27)6-8-25(22)34-14-16-4-5-19(28)12-23(16)29;1-2-3/h3-13,30H,14H2,1-2H3,(H,32,33);2H,1H3. The molecule has 2 N–H and O–H groups in total. The summed E-state index contributed by atoms with van der Waals surface area (Å²) >= 11 is 0. The molecule has 6 nitrogen and oxygen atoms in total. The lowest BCUT2D eigenvalue weighted by atomic mass is 10.1. The van der Waals surface area contributed by atoms with Crippen LogP contribution in [0, 0.1) is 24.4 Å². The number of hydrogen-bond donors (Lipinski definition) is 2. The molecule has 0 aliphatic rings. The highest BCUT2D eigenvalue weighted by Gasteiger charge is 2.18. The molecule has 0 spiro atoms. The number of rotatable bonds is 7. The van der Waals surface area contributed by atoms with Gasteiger partial charge in [-0.05, 0) is 74.5 Å². The Morgan fingerprint density at radius 2 is 1.68 bits per heavy atom. The highest BCUT2D eigenvalue weighted by Crippen LogP contribution is 2.35. The van der Waals surface area contributed by atoms with Crippen molar-refractivity contribution in [3.8, 4) is 22.7 Å². The van der Waals surface area contributed by atoms with Crippen LogP contribution in [0.2, 0.25) is 0 Å². The van der Waals surface area contributed by atoms with Crippen molar-refractivity contribution in [3.05, 3.63) is 101 Å². The van der Waals surface area contributed by atoms with E-state index in [-0.39, 0.29) is 23.5 Å². The van der Waals surface area contributed by atoms with Gasteiger partial charge in [-0.25, -0.2) is 18.0 Å². The van der Waals surface area contributed by atoms with Gasteiger partial charge in [0.25, 0.3) is 0 Å². The van der Waals surface area contributed by atoms with Crippen LogP contribution in [0.4, 0.5) is 18.9 Å². The number of anilines is 1. The molecule has 9 heteroatoms.